The van der Waals surface area contributed by atoms with Crippen LogP contribution in [-0.2, 0) is 11.2 Å². The maximum Gasteiger partial charge on any atom is 0.287 e. The predicted octanol–water partition coefficient (Wildman–Crippen LogP) is 2.49. The van der Waals surface area contributed by atoms with Gasteiger partial charge in [-0.2, -0.15) is 0 Å². The molecular formula is C15H20N2O. The lowest BCUT2D eigenvalue weighted by molar-refractivity contribution is 0.246. The average Bonchev–Trinajstić information content (AvgIpc) is 2.92. The van der Waals surface area contributed by atoms with Crippen LogP contribution < -0.4 is 0 Å². The van der Waals surface area contributed by atoms with Crippen molar-refractivity contribution in [1.29, 1.82) is 0 Å². The number of nitrogens with zero attached hydrogens (tertiary/aromatic N) is 2. The highest BCUT2D eigenvalue weighted by molar-refractivity contribution is 5.75. The minimum Gasteiger partial charge on any atom is -0.463 e. The van der Waals surface area contributed by atoms with Crippen molar-refractivity contribution in [3.8, 4) is 0 Å². The van der Waals surface area contributed by atoms with E-state index in [4.69, 9.17) is 4.74 Å². The molecule has 1 aliphatic heterocycles. The fourth-order valence-corrected chi connectivity index (χ4v) is 2.15. The summed E-state index contributed by atoms with van der Waals surface area (Å²) in [6, 6.07) is 11.6. The number of ether oxygens (including phenoxy) is 1. The smallest absolute Gasteiger partial charge is 0.287 e. The minimum atomic E-state index is 0.349. The summed E-state index contributed by atoms with van der Waals surface area (Å²) in [6.07, 6.45) is 3.86. The summed E-state index contributed by atoms with van der Waals surface area (Å²) in [6.45, 7) is 5.31. The number of hydrogen-bond donors (Lipinski definition) is 0. The fourth-order valence-electron chi connectivity index (χ4n) is 2.15. The third-order valence-electron chi connectivity index (χ3n) is 3.17. The van der Waals surface area contributed by atoms with E-state index in [1.807, 2.05) is 19.2 Å². The van der Waals surface area contributed by atoms with Gasteiger partial charge in [-0.3, -0.25) is 0 Å². The lowest BCUT2D eigenvalue weighted by Gasteiger charge is -2.28. The van der Waals surface area contributed by atoms with Crippen LogP contribution in [0.3, 0.4) is 0 Å². The van der Waals surface area contributed by atoms with Gasteiger partial charge in [-0.25, -0.2) is 4.99 Å². The standard InChI is InChI=1S/C15H20N2O/c1-3-7-14(12-13-8-5-4-6-9-13)17(2)15-16-10-11-18-15/h3-6,8-9,14H,1,7,10-12H2,2H3/t14-/m1/s1. The van der Waals surface area contributed by atoms with Crippen molar-refractivity contribution in [3.05, 3.63) is 48.6 Å². The molecule has 1 aliphatic rings. The van der Waals surface area contributed by atoms with E-state index in [9.17, 15) is 0 Å². The molecule has 3 heteroatoms. The number of rotatable bonds is 5. The van der Waals surface area contributed by atoms with Crippen LogP contribution in [-0.4, -0.2) is 37.2 Å². The Bertz CT molecular complexity index is 414. The van der Waals surface area contributed by atoms with E-state index < -0.39 is 0 Å². The van der Waals surface area contributed by atoms with E-state index in [2.05, 4.69) is 40.7 Å². The summed E-state index contributed by atoms with van der Waals surface area (Å²) in [5.41, 5.74) is 1.33. The van der Waals surface area contributed by atoms with Gasteiger partial charge in [0, 0.05) is 13.1 Å². The van der Waals surface area contributed by atoms with E-state index >= 15 is 0 Å². The van der Waals surface area contributed by atoms with Gasteiger partial charge < -0.3 is 9.64 Å². The summed E-state index contributed by atoms with van der Waals surface area (Å²) in [5, 5.41) is 0. The second-order valence-corrected chi connectivity index (χ2v) is 4.49. The second kappa shape index (κ2) is 6.24. The molecule has 0 aliphatic carbocycles. The molecule has 0 saturated carbocycles. The van der Waals surface area contributed by atoms with Crippen LogP contribution in [0.1, 0.15) is 12.0 Å². The molecule has 1 heterocycles. The molecule has 0 spiro atoms. The number of benzene rings is 1. The first-order valence-electron chi connectivity index (χ1n) is 6.36. The molecule has 0 aromatic heterocycles. The van der Waals surface area contributed by atoms with Crippen LogP contribution in [0.25, 0.3) is 0 Å². The lowest BCUT2D eigenvalue weighted by atomic mass is 10.0. The molecule has 0 fully saturated rings. The van der Waals surface area contributed by atoms with Gasteiger partial charge in [0.15, 0.2) is 0 Å². The zero-order chi connectivity index (χ0) is 12.8. The van der Waals surface area contributed by atoms with E-state index in [1.54, 1.807) is 0 Å². The average molecular weight is 244 g/mol. The monoisotopic (exact) mass is 244 g/mol. The Morgan fingerprint density at radius 1 is 1.44 bits per heavy atom. The molecule has 3 nitrogen and oxygen atoms in total. The van der Waals surface area contributed by atoms with Crippen molar-refractivity contribution < 1.29 is 4.74 Å². The maximum atomic E-state index is 5.52. The van der Waals surface area contributed by atoms with Crippen molar-refractivity contribution >= 4 is 6.02 Å². The normalized spacial score (nSPS) is 15.7. The molecule has 0 unspecified atom stereocenters. The summed E-state index contributed by atoms with van der Waals surface area (Å²) >= 11 is 0. The van der Waals surface area contributed by atoms with Gasteiger partial charge in [0.25, 0.3) is 6.02 Å². The Labute approximate surface area is 109 Å². The molecule has 96 valence electrons. The summed E-state index contributed by atoms with van der Waals surface area (Å²) in [4.78, 5) is 6.49. The van der Waals surface area contributed by atoms with Crippen molar-refractivity contribution in [2.45, 2.75) is 18.9 Å². The van der Waals surface area contributed by atoms with Crippen LogP contribution in [0.5, 0.6) is 0 Å². The Morgan fingerprint density at radius 3 is 2.83 bits per heavy atom. The Morgan fingerprint density at radius 2 is 2.22 bits per heavy atom. The van der Waals surface area contributed by atoms with Crippen LogP contribution in [0, 0.1) is 0 Å². The molecule has 0 saturated heterocycles. The Kier molecular flexibility index (Phi) is 4.40. The second-order valence-electron chi connectivity index (χ2n) is 4.49. The van der Waals surface area contributed by atoms with Crippen LogP contribution in [0.4, 0.5) is 0 Å². The van der Waals surface area contributed by atoms with Gasteiger partial charge in [-0.1, -0.05) is 36.4 Å². The molecule has 18 heavy (non-hydrogen) atoms. The number of aliphatic imine (C=N–C) groups is 1. The van der Waals surface area contributed by atoms with E-state index in [1.165, 1.54) is 5.56 Å². The molecule has 0 N–H and O–H groups in total. The van der Waals surface area contributed by atoms with Crippen molar-refractivity contribution in [1.82, 2.24) is 4.90 Å². The Balaban J connectivity index is 2.05. The third-order valence-corrected chi connectivity index (χ3v) is 3.17. The van der Waals surface area contributed by atoms with Crippen molar-refractivity contribution in [2.75, 3.05) is 20.2 Å². The number of hydrogen-bond acceptors (Lipinski definition) is 3. The van der Waals surface area contributed by atoms with Gasteiger partial charge in [-0.15, -0.1) is 6.58 Å². The molecule has 1 atom stereocenters. The molecule has 1 aromatic rings. The first-order chi connectivity index (χ1) is 8.81. The van der Waals surface area contributed by atoms with Gasteiger partial charge in [0.05, 0.1) is 6.54 Å². The lowest BCUT2D eigenvalue weighted by Crippen LogP contribution is -2.38. The van der Waals surface area contributed by atoms with Crippen LogP contribution in [0.2, 0.25) is 0 Å². The van der Waals surface area contributed by atoms with Gasteiger partial charge in [-0.05, 0) is 18.4 Å². The summed E-state index contributed by atoms with van der Waals surface area (Å²) in [7, 11) is 2.04. The first kappa shape index (κ1) is 12.7. The third kappa shape index (κ3) is 3.13. The minimum absolute atomic E-state index is 0.349. The van der Waals surface area contributed by atoms with E-state index in [0.717, 1.165) is 25.4 Å². The van der Waals surface area contributed by atoms with Crippen molar-refractivity contribution in [3.63, 3.8) is 0 Å². The summed E-state index contributed by atoms with van der Waals surface area (Å²) < 4.78 is 5.52. The number of likely N-dealkylation sites (N-methyl/N-ethyl adjacent to an activating group) is 1. The zero-order valence-corrected chi connectivity index (χ0v) is 10.9. The SMILES string of the molecule is C=CC[C@H](Cc1ccccc1)N(C)C1=NCCO1. The highest BCUT2D eigenvalue weighted by Gasteiger charge is 2.21. The Hall–Kier alpha value is -1.77. The fraction of sp³-hybridized carbons (Fsp3) is 0.400. The zero-order valence-electron chi connectivity index (χ0n) is 10.9. The predicted molar refractivity (Wildman–Crippen MR) is 74.8 cm³/mol. The van der Waals surface area contributed by atoms with E-state index in [0.29, 0.717) is 12.6 Å². The highest BCUT2D eigenvalue weighted by Crippen LogP contribution is 2.14. The molecule has 2 rings (SSSR count). The first-order valence-corrected chi connectivity index (χ1v) is 6.36. The molecule has 0 amide bonds. The van der Waals surface area contributed by atoms with E-state index in [-0.39, 0.29) is 0 Å². The van der Waals surface area contributed by atoms with Crippen molar-refractivity contribution in [2.24, 2.45) is 4.99 Å². The van der Waals surface area contributed by atoms with Crippen LogP contribution >= 0.6 is 0 Å². The molecule has 0 bridgehead atoms. The summed E-state index contributed by atoms with van der Waals surface area (Å²) in [5.74, 6) is 0. The molecule has 0 radical (unpaired) electrons. The maximum absolute atomic E-state index is 5.52. The number of amidine groups is 1. The topological polar surface area (TPSA) is 24.8 Å². The van der Waals surface area contributed by atoms with Gasteiger partial charge >= 0.3 is 0 Å². The largest absolute Gasteiger partial charge is 0.463 e. The highest BCUT2D eigenvalue weighted by atomic mass is 16.5. The quantitative estimate of drug-likeness (QED) is 0.743. The van der Waals surface area contributed by atoms with Gasteiger partial charge in [0.2, 0.25) is 0 Å². The van der Waals surface area contributed by atoms with Gasteiger partial charge in [0.1, 0.15) is 6.61 Å². The molecular weight excluding hydrogens is 224 g/mol. The molecule has 1 aromatic carbocycles. The van der Waals surface area contributed by atoms with Crippen LogP contribution in [0.15, 0.2) is 48.0 Å².